The lowest BCUT2D eigenvalue weighted by molar-refractivity contribution is -0.0980. The quantitative estimate of drug-likeness (QED) is 0.635. The molecule has 9 heteroatoms. The number of hydrogen-bond acceptors (Lipinski definition) is 5. The van der Waals surface area contributed by atoms with Crippen LogP contribution in [0.3, 0.4) is 0 Å². The minimum Gasteiger partial charge on any atom is -0.478 e. The van der Waals surface area contributed by atoms with Gasteiger partial charge in [-0.1, -0.05) is 24.3 Å². The zero-order valence-corrected chi connectivity index (χ0v) is 13.2. The molecule has 0 aromatic heterocycles. The Morgan fingerprint density at radius 2 is 0.654 bits per heavy atom. The normalized spacial score (nSPS) is 8.77. The molecule has 0 spiro atoms. The number of benzene rings is 2. The largest absolute Gasteiger partial charge is 0.478 e. The third kappa shape index (κ3) is 6.24. The Hall–Kier alpha value is -4.01. The maximum Gasteiger partial charge on any atom is 0.336 e. The van der Waals surface area contributed by atoms with Gasteiger partial charge in [-0.25, -0.2) is 19.2 Å². The van der Waals surface area contributed by atoms with Gasteiger partial charge >= 0.3 is 23.9 Å². The van der Waals surface area contributed by atoms with E-state index >= 15 is 0 Å². The van der Waals surface area contributed by atoms with Crippen LogP contribution in [0.4, 0.5) is 0 Å². The summed E-state index contributed by atoms with van der Waals surface area (Å²) in [7, 11) is 0. The number of carbonyl (C=O) groups excluding carboxylic acids is 1. The van der Waals surface area contributed by atoms with Crippen LogP contribution in [0.15, 0.2) is 48.5 Å². The predicted molar refractivity (Wildman–Crippen MR) is 87.8 cm³/mol. The van der Waals surface area contributed by atoms with Crippen molar-refractivity contribution in [1.29, 1.82) is 0 Å². The van der Waals surface area contributed by atoms with Gasteiger partial charge in [0.2, 0.25) is 0 Å². The Balaban J connectivity index is 0.000000439. The second-order valence-electron chi connectivity index (χ2n) is 4.31. The molecule has 0 bridgehead atoms. The van der Waals surface area contributed by atoms with Crippen LogP contribution in [0.2, 0.25) is 0 Å². The van der Waals surface area contributed by atoms with E-state index in [1.165, 1.54) is 48.5 Å². The van der Waals surface area contributed by atoms with Crippen LogP contribution in [0.25, 0.3) is 0 Å². The maximum atomic E-state index is 10.5. The average Bonchev–Trinajstić information content (AvgIpc) is 2.63. The molecule has 2 aromatic carbocycles. The van der Waals surface area contributed by atoms with Crippen molar-refractivity contribution in [2.75, 3.05) is 0 Å². The van der Waals surface area contributed by atoms with Crippen molar-refractivity contribution in [3.05, 3.63) is 70.8 Å². The molecular formula is C17H14O9. The minimum atomic E-state index is -1.23. The Kier molecular flexibility index (Phi) is 9.05. The lowest BCUT2D eigenvalue weighted by Crippen LogP contribution is -2.06. The van der Waals surface area contributed by atoms with Crippen molar-refractivity contribution < 1.29 is 44.4 Å². The molecule has 0 atom stereocenters. The van der Waals surface area contributed by atoms with Gasteiger partial charge in [-0.15, -0.1) is 0 Å². The van der Waals surface area contributed by atoms with Gasteiger partial charge in [0.1, 0.15) is 6.79 Å². The highest BCUT2D eigenvalue weighted by atomic mass is 16.4. The molecule has 0 saturated carbocycles. The van der Waals surface area contributed by atoms with Gasteiger partial charge in [0.25, 0.3) is 0 Å². The van der Waals surface area contributed by atoms with E-state index in [-0.39, 0.29) is 22.3 Å². The van der Waals surface area contributed by atoms with Crippen molar-refractivity contribution in [3.8, 4) is 0 Å². The molecule has 0 unspecified atom stereocenters. The maximum absolute atomic E-state index is 10.5. The second kappa shape index (κ2) is 10.7. The number of aromatic carboxylic acids is 4. The first-order valence-electron chi connectivity index (χ1n) is 6.65. The molecule has 0 aliphatic carbocycles. The molecule has 0 aliphatic heterocycles. The fourth-order valence-corrected chi connectivity index (χ4v) is 1.71. The molecule has 2 rings (SSSR count). The minimum absolute atomic E-state index is 0.190. The van der Waals surface area contributed by atoms with E-state index in [2.05, 4.69) is 0 Å². The summed E-state index contributed by atoms with van der Waals surface area (Å²) < 4.78 is 0. The van der Waals surface area contributed by atoms with Crippen molar-refractivity contribution in [3.63, 3.8) is 0 Å². The van der Waals surface area contributed by atoms with Crippen molar-refractivity contribution in [1.82, 2.24) is 0 Å². The molecule has 0 saturated heterocycles. The van der Waals surface area contributed by atoms with Gasteiger partial charge in [0.05, 0.1) is 22.3 Å². The van der Waals surface area contributed by atoms with Crippen LogP contribution in [-0.4, -0.2) is 51.1 Å². The van der Waals surface area contributed by atoms with E-state index in [0.29, 0.717) is 0 Å². The zero-order valence-electron chi connectivity index (χ0n) is 13.2. The Labute approximate surface area is 146 Å². The lowest BCUT2D eigenvalue weighted by atomic mass is 10.1. The number of carbonyl (C=O) groups is 5. The van der Waals surface area contributed by atoms with E-state index in [4.69, 9.17) is 25.2 Å². The molecule has 2 aromatic rings. The molecular weight excluding hydrogens is 348 g/mol. The molecule has 9 nitrogen and oxygen atoms in total. The molecule has 136 valence electrons. The van der Waals surface area contributed by atoms with E-state index in [9.17, 15) is 19.2 Å². The molecule has 0 fully saturated rings. The van der Waals surface area contributed by atoms with Crippen LogP contribution < -0.4 is 0 Å². The van der Waals surface area contributed by atoms with Gasteiger partial charge in [-0.3, -0.25) is 0 Å². The van der Waals surface area contributed by atoms with E-state index < -0.39 is 23.9 Å². The highest BCUT2D eigenvalue weighted by molar-refractivity contribution is 6.02. The number of hydrogen-bond donors (Lipinski definition) is 4. The van der Waals surface area contributed by atoms with Crippen molar-refractivity contribution >= 4 is 30.7 Å². The van der Waals surface area contributed by atoms with Gasteiger partial charge < -0.3 is 25.2 Å². The third-order valence-electron chi connectivity index (χ3n) is 2.78. The fraction of sp³-hybridized carbons (Fsp3) is 0. The fourth-order valence-electron chi connectivity index (χ4n) is 1.71. The Morgan fingerprint density at radius 1 is 0.500 bits per heavy atom. The number of carboxylic acids is 4. The topological polar surface area (TPSA) is 166 Å². The second-order valence-corrected chi connectivity index (χ2v) is 4.31. The summed E-state index contributed by atoms with van der Waals surface area (Å²) in [6.45, 7) is 2.00. The SMILES string of the molecule is C=O.O=C(O)c1ccccc1C(=O)O.O=C(O)c1ccccc1C(=O)O. The van der Waals surface area contributed by atoms with Crippen LogP contribution >= 0.6 is 0 Å². The smallest absolute Gasteiger partial charge is 0.336 e. The van der Waals surface area contributed by atoms with E-state index in [1.54, 1.807) is 0 Å². The van der Waals surface area contributed by atoms with Gasteiger partial charge in [-0.05, 0) is 24.3 Å². The zero-order chi connectivity index (χ0) is 20.3. The Morgan fingerprint density at radius 3 is 0.769 bits per heavy atom. The molecule has 0 radical (unpaired) electrons. The average molecular weight is 362 g/mol. The molecule has 0 amide bonds. The van der Waals surface area contributed by atoms with Crippen LogP contribution in [0, 0.1) is 0 Å². The summed E-state index contributed by atoms with van der Waals surface area (Å²) in [6.07, 6.45) is 0. The number of rotatable bonds is 4. The van der Waals surface area contributed by atoms with Crippen LogP contribution in [0.5, 0.6) is 0 Å². The molecule has 0 heterocycles. The standard InChI is InChI=1S/2C8H6O4.CH2O/c2*9-7(10)5-3-1-2-4-6(5)8(11)12;1-2/h2*1-4H,(H,9,10)(H,11,12);1H2. The summed E-state index contributed by atoms with van der Waals surface area (Å²) in [6, 6.07) is 11.0. The van der Waals surface area contributed by atoms with Crippen molar-refractivity contribution in [2.45, 2.75) is 0 Å². The summed E-state index contributed by atoms with van der Waals surface area (Å²) in [4.78, 5) is 49.9. The van der Waals surface area contributed by atoms with Gasteiger partial charge in [0.15, 0.2) is 0 Å². The molecule has 26 heavy (non-hydrogen) atoms. The lowest BCUT2D eigenvalue weighted by Gasteiger charge is -1.98. The summed E-state index contributed by atoms with van der Waals surface area (Å²) >= 11 is 0. The van der Waals surface area contributed by atoms with Crippen LogP contribution in [0.1, 0.15) is 41.4 Å². The van der Waals surface area contributed by atoms with Crippen LogP contribution in [-0.2, 0) is 4.79 Å². The molecule has 0 aliphatic rings. The van der Waals surface area contributed by atoms with E-state index in [1.807, 2.05) is 6.79 Å². The first-order chi connectivity index (χ1) is 12.3. The highest BCUT2D eigenvalue weighted by Crippen LogP contribution is 2.08. The summed E-state index contributed by atoms with van der Waals surface area (Å²) in [5.41, 5.74) is -0.759. The predicted octanol–water partition coefficient (Wildman–Crippen LogP) is 1.98. The molecule has 4 N–H and O–H groups in total. The highest BCUT2D eigenvalue weighted by Gasteiger charge is 2.14. The van der Waals surface area contributed by atoms with E-state index in [0.717, 1.165) is 0 Å². The summed E-state index contributed by atoms with van der Waals surface area (Å²) in [5, 5.41) is 34.2. The van der Waals surface area contributed by atoms with Gasteiger partial charge in [-0.2, -0.15) is 0 Å². The number of carboxylic acid groups (broad SMARTS) is 4. The monoisotopic (exact) mass is 362 g/mol. The first-order valence-corrected chi connectivity index (χ1v) is 6.65. The first kappa shape index (κ1) is 22.0. The third-order valence-corrected chi connectivity index (χ3v) is 2.78. The summed E-state index contributed by atoms with van der Waals surface area (Å²) in [5.74, 6) is -4.91. The van der Waals surface area contributed by atoms with Gasteiger partial charge in [0, 0.05) is 0 Å². The van der Waals surface area contributed by atoms with Crippen molar-refractivity contribution in [2.24, 2.45) is 0 Å². The Bertz CT molecular complexity index is 678.